The van der Waals surface area contributed by atoms with Gasteiger partial charge in [-0.15, -0.1) is 0 Å². The molecule has 1 unspecified atom stereocenters. The smallest absolute Gasteiger partial charge is 0.148 e. The molecule has 0 aromatic rings. The molecule has 0 aliphatic carbocycles. The molecule has 0 N–H and O–H groups in total. The molecule has 1 atom stereocenters. The second kappa shape index (κ2) is 6.02. The molecule has 0 amide bonds. The Balaban J connectivity index is 0.000000125. The first-order valence-corrected chi connectivity index (χ1v) is 7.26. The summed E-state index contributed by atoms with van der Waals surface area (Å²) in [5.41, 5.74) is 0.708. The molecule has 92 valence electrons. The van der Waals surface area contributed by atoms with Crippen LogP contribution in [0.4, 0.5) is 0 Å². The molecule has 3 heterocycles. The van der Waals surface area contributed by atoms with Crippen molar-refractivity contribution >= 4 is 0 Å². The van der Waals surface area contributed by atoms with Crippen LogP contribution in [-0.4, -0.2) is 31.7 Å². The largest absolute Gasteiger partial charge is 0.242 e. The summed E-state index contributed by atoms with van der Waals surface area (Å²) in [4.78, 5) is 2.66. The van der Waals surface area contributed by atoms with Crippen LogP contribution in [0.3, 0.4) is 0 Å². The number of hydrogen-bond donors (Lipinski definition) is 0. The first-order chi connectivity index (χ1) is 7.87. The predicted octanol–water partition coefficient (Wildman–Crippen LogP) is 2.64. The van der Waals surface area contributed by atoms with E-state index in [1.54, 1.807) is 0 Å². The Morgan fingerprint density at radius 1 is 0.938 bits per heavy atom. The average molecular weight is 223 g/mol. The van der Waals surface area contributed by atoms with Gasteiger partial charge in [-0.25, -0.2) is 5.32 Å². The molecule has 3 aliphatic heterocycles. The number of rotatable bonds is 1. The Kier molecular flexibility index (Phi) is 4.66. The summed E-state index contributed by atoms with van der Waals surface area (Å²) >= 11 is 0. The van der Waals surface area contributed by atoms with Gasteiger partial charge in [0, 0.05) is 32.4 Å². The number of hydrogen-bond acceptors (Lipinski definition) is 1. The lowest BCUT2D eigenvalue weighted by molar-refractivity contribution is 0.117. The molecule has 3 saturated heterocycles. The van der Waals surface area contributed by atoms with Crippen LogP contribution in [0, 0.1) is 0 Å². The van der Waals surface area contributed by atoms with Gasteiger partial charge < -0.3 is 0 Å². The predicted molar refractivity (Wildman–Crippen MR) is 69.1 cm³/mol. The monoisotopic (exact) mass is 223 g/mol. The van der Waals surface area contributed by atoms with Crippen molar-refractivity contribution in [3.8, 4) is 0 Å². The molecule has 0 saturated carbocycles. The molecular weight excluding hydrogens is 196 g/mol. The van der Waals surface area contributed by atoms with E-state index in [1.165, 1.54) is 64.5 Å². The van der Waals surface area contributed by atoms with Gasteiger partial charge >= 0.3 is 0 Å². The van der Waals surface area contributed by atoms with Gasteiger partial charge in [0.15, 0.2) is 0 Å². The van der Waals surface area contributed by atoms with Gasteiger partial charge in [-0.05, 0) is 12.8 Å². The summed E-state index contributed by atoms with van der Waals surface area (Å²) < 4.78 is 0. The van der Waals surface area contributed by atoms with Gasteiger partial charge in [0.05, 0.1) is 6.42 Å². The summed E-state index contributed by atoms with van der Waals surface area (Å²) in [6.07, 6.45) is 11.3. The van der Waals surface area contributed by atoms with E-state index in [9.17, 15) is 0 Å². The van der Waals surface area contributed by atoms with Gasteiger partial charge in [-0.2, -0.15) is 4.90 Å². The lowest BCUT2D eigenvalue weighted by Crippen LogP contribution is -2.59. The molecule has 3 rings (SSSR count). The topological polar surface area (TPSA) is 20.0 Å². The maximum atomic E-state index is 4.27. The second-order valence-corrected chi connectivity index (χ2v) is 5.50. The van der Waals surface area contributed by atoms with E-state index < -0.39 is 0 Å². The van der Waals surface area contributed by atoms with E-state index in [1.807, 2.05) is 0 Å². The molecule has 2 nitrogen and oxygen atoms in total. The minimum absolute atomic E-state index is 0.708. The third kappa shape index (κ3) is 2.78. The highest BCUT2D eigenvalue weighted by Gasteiger charge is 2.56. The zero-order valence-corrected chi connectivity index (χ0v) is 10.9. The van der Waals surface area contributed by atoms with Crippen LogP contribution < -0.4 is 10.2 Å². The fourth-order valence-corrected chi connectivity index (χ4v) is 3.31. The highest BCUT2D eigenvalue weighted by molar-refractivity contribution is 5.06. The molecular formula is C14H27N2+. The van der Waals surface area contributed by atoms with Crippen LogP contribution in [-0.2, 0) is 0 Å². The van der Waals surface area contributed by atoms with Crippen LogP contribution in [0.15, 0.2) is 0 Å². The van der Waals surface area contributed by atoms with Crippen molar-refractivity contribution in [1.29, 1.82) is 0 Å². The van der Waals surface area contributed by atoms with E-state index in [-0.39, 0.29) is 0 Å². The fraction of sp³-hybridized carbons (Fsp3) is 1.00. The van der Waals surface area contributed by atoms with Crippen molar-refractivity contribution in [2.75, 3.05) is 26.2 Å². The summed E-state index contributed by atoms with van der Waals surface area (Å²) in [6.45, 7) is 7.35. The first kappa shape index (κ1) is 12.4. The quantitative estimate of drug-likeness (QED) is 0.609. The zero-order valence-electron chi connectivity index (χ0n) is 10.9. The average Bonchev–Trinajstić information content (AvgIpc) is 2.56. The summed E-state index contributed by atoms with van der Waals surface area (Å²) in [5, 5.41) is 4.27. The maximum Gasteiger partial charge on any atom is 0.148 e. The minimum Gasteiger partial charge on any atom is -0.242 e. The Morgan fingerprint density at radius 3 is 2.12 bits per heavy atom. The van der Waals surface area contributed by atoms with Crippen LogP contribution in [0.5, 0.6) is 0 Å². The van der Waals surface area contributed by atoms with E-state index in [4.69, 9.17) is 0 Å². The molecule has 3 fully saturated rings. The first-order valence-electron chi connectivity index (χ1n) is 7.26. The third-order valence-corrected chi connectivity index (χ3v) is 4.63. The van der Waals surface area contributed by atoms with E-state index in [0.717, 1.165) is 13.1 Å². The van der Waals surface area contributed by atoms with E-state index in [0.29, 0.717) is 5.54 Å². The standard InChI is InChI=1S/C8H15N.C6H12N/c1-2-8-4-3-6-9(8)7-5-8;1-2-4-6-7-5-3-1/h2-7H2,1H3;1-6H2/q+1;. The van der Waals surface area contributed by atoms with E-state index in [2.05, 4.69) is 17.1 Å². The molecule has 3 aliphatic rings. The Bertz CT molecular complexity index is 181. The molecule has 2 heteroatoms. The van der Waals surface area contributed by atoms with Gasteiger partial charge in [-0.1, -0.05) is 19.8 Å². The van der Waals surface area contributed by atoms with E-state index >= 15 is 0 Å². The van der Waals surface area contributed by atoms with Crippen LogP contribution in [0.1, 0.15) is 58.3 Å². The molecule has 16 heavy (non-hydrogen) atoms. The van der Waals surface area contributed by atoms with Crippen LogP contribution in [0.2, 0.25) is 0 Å². The molecule has 0 bridgehead atoms. The fourth-order valence-electron chi connectivity index (χ4n) is 3.31. The Hall–Kier alpha value is -0.0800. The van der Waals surface area contributed by atoms with Crippen molar-refractivity contribution < 1.29 is 0 Å². The molecule has 0 spiro atoms. The summed E-state index contributed by atoms with van der Waals surface area (Å²) in [7, 11) is 0. The van der Waals surface area contributed by atoms with Crippen molar-refractivity contribution in [2.45, 2.75) is 63.8 Å². The van der Waals surface area contributed by atoms with Gasteiger partial charge in [-0.3, -0.25) is 0 Å². The highest BCUT2D eigenvalue weighted by atomic mass is 15.3. The minimum atomic E-state index is 0.708. The second-order valence-electron chi connectivity index (χ2n) is 5.50. The SMILES string of the molecule is C1CCC[N]CC1.CCC12CCC[N+]1CC2. The van der Waals surface area contributed by atoms with Crippen molar-refractivity contribution in [2.24, 2.45) is 0 Å². The van der Waals surface area contributed by atoms with Crippen molar-refractivity contribution in [1.82, 2.24) is 10.2 Å². The van der Waals surface area contributed by atoms with Crippen LogP contribution in [0.25, 0.3) is 0 Å². The maximum absolute atomic E-state index is 4.27. The Morgan fingerprint density at radius 2 is 1.69 bits per heavy atom. The molecule has 0 aromatic carbocycles. The summed E-state index contributed by atoms with van der Waals surface area (Å²) in [5.74, 6) is 0. The van der Waals surface area contributed by atoms with Gasteiger partial charge in [0.1, 0.15) is 18.6 Å². The lowest BCUT2D eigenvalue weighted by atomic mass is 9.83. The highest BCUT2D eigenvalue weighted by Crippen LogP contribution is 2.40. The van der Waals surface area contributed by atoms with Crippen molar-refractivity contribution in [3.05, 3.63) is 0 Å². The number of fused-ring (bicyclic) bond motifs is 1. The lowest BCUT2D eigenvalue weighted by Gasteiger charge is -2.37. The molecule has 2 radical (unpaired) electrons. The van der Waals surface area contributed by atoms with Gasteiger partial charge in [0.2, 0.25) is 0 Å². The normalized spacial score (nSPS) is 34.3. The van der Waals surface area contributed by atoms with Crippen molar-refractivity contribution in [3.63, 3.8) is 0 Å². The summed E-state index contributed by atoms with van der Waals surface area (Å²) in [6, 6.07) is 0. The third-order valence-electron chi connectivity index (χ3n) is 4.63. The molecule has 0 aromatic heterocycles. The zero-order chi connectivity index (χ0) is 11.3. The van der Waals surface area contributed by atoms with Gasteiger partial charge in [0.25, 0.3) is 0 Å². The number of nitrogens with zero attached hydrogens (tertiary/aromatic N) is 2. The van der Waals surface area contributed by atoms with Crippen LogP contribution >= 0.6 is 0 Å². The Labute approximate surface area is 101 Å².